The van der Waals surface area contributed by atoms with Crippen molar-refractivity contribution in [2.45, 2.75) is 36.3 Å². The molecule has 3 unspecified atom stereocenters. The number of alkyl halides is 2. The molecule has 72 valence electrons. The fourth-order valence-electron chi connectivity index (χ4n) is 1.02. The second-order valence-electron chi connectivity index (χ2n) is 2.85. The molecule has 1 heterocycles. The SMILES string of the molecule is CC(O)C1NC(Cl)C(O)C(Cl)N1. The maximum absolute atomic E-state index is 9.28. The molecule has 0 aromatic rings. The van der Waals surface area contributed by atoms with E-state index in [-0.39, 0.29) is 6.17 Å². The second kappa shape index (κ2) is 4.09. The summed E-state index contributed by atoms with van der Waals surface area (Å²) in [5, 5.41) is 24.0. The highest BCUT2D eigenvalue weighted by atomic mass is 35.5. The zero-order valence-electron chi connectivity index (χ0n) is 6.54. The third-order valence-electron chi connectivity index (χ3n) is 1.76. The van der Waals surface area contributed by atoms with Gasteiger partial charge in [-0.2, -0.15) is 0 Å². The third-order valence-corrected chi connectivity index (χ3v) is 2.53. The van der Waals surface area contributed by atoms with Gasteiger partial charge in [0, 0.05) is 0 Å². The Kier molecular flexibility index (Phi) is 3.58. The Morgan fingerprint density at radius 1 is 1.25 bits per heavy atom. The summed E-state index contributed by atoms with van der Waals surface area (Å²) in [7, 11) is 0. The number of halogens is 2. The van der Waals surface area contributed by atoms with Crippen molar-refractivity contribution in [3.8, 4) is 0 Å². The maximum Gasteiger partial charge on any atom is 0.113 e. The van der Waals surface area contributed by atoms with E-state index >= 15 is 0 Å². The van der Waals surface area contributed by atoms with Crippen LogP contribution >= 0.6 is 23.2 Å². The van der Waals surface area contributed by atoms with Gasteiger partial charge in [-0.15, -0.1) is 23.2 Å². The predicted molar refractivity (Wildman–Crippen MR) is 47.0 cm³/mol. The van der Waals surface area contributed by atoms with Crippen LogP contribution in [0.3, 0.4) is 0 Å². The summed E-state index contributed by atoms with van der Waals surface area (Å²) in [6.45, 7) is 1.61. The molecule has 6 heteroatoms. The Bertz CT molecular complexity index is 146. The highest BCUT2D eigenvalue weighted by molar-refractivity contribution is 6.24. The van der Waals surface area contributed by atoms with E-state index in [2.05, 4.69) is 10.6 Å². The number of rotatable bonds is 1. The molecule has 0 aromatic heterocycles. The Labute approximate surface area is 80.9 Å². The van der Waals surface area contributed by atoms with Crippen molar-refractivity contribution in [3.05, 3.63) is 0 Å². The van der Waals surface area contributed by atoms with Crippen LogP contribution < -0.4 is 10.6 Å². The summed E-state index contributed by atoms with van der Waals surface area (Å²) in [6, 6.07) is 0. The van der Waals surface area contributed by atoms with E-state index in [4.69, 9.17) is 23.2 Å². The molecule has 4 nitrogen and oxygen atoms in total. The average Bonchev–Trinajstić information content (AvgIpc) is 1.99. The van der Waals surface area contributed by atoms with Crippen molar-refractivity contribution in [2.24, 2.45) is 0 Å². The molecule has 3 atom stereocenters. The highest BCUT2D eigenvalue weighted by Crippen LogP contribution is 2.14. The van der Waals surface area contributed by atoms with E-state index in [0.717, 1.165) is 0 Å². The van der Waals surface area contributed by atoms with Crippen LogP contribution in [0.5, 0.6) is 0 Å². The molecule has 1 aliphatic heterocycles. The standard InChI is InChI=1S/C6H12Cl2N2O2/c1-2(11)6-9-4(7)3(12)5(8)10-6/h2-6,9-12H,1H3. The Morgan fingerprint density at radius 3 is 2.00 bits per heavy atom. The average molecular weight is 215 g/mol. The van der Waals surface area contributed by atoms with E-state index < -0.39 is 23.2 Å². The van der Waals surface area contributed by atoms with E-state index in [9.17, 15) is 10.2 Å². The number of nitrogens with one attached hydrogen (secondary N) is 2. The molecule has 0 radical (unpaired) electrons. The zero-order valence-corrected chi connectivity index (χ0v) is 8.05. The number of hydrogen-bond acceptors (Lipinski definition) is 4. The molecule has 0 aliphatic carbocycles. The largest absolute Gasteiger partial charge is 0.390 e. The first-order valence-electron chi connectivity index (χ1n) is 3.68. The normalized spacial score (nSPS) is 45.8. The predicted octanol–water partition coefficient (Wildman–Crippen LogP) is -0.623. The monoisotopic (exact) mass is 214 g/mol. The van der Waals surface area contributed by atoms with Crippen LogP contribution in [0.25, 0.3) is 0 Å². The van der Waals surface area contributed by atoms with Crippen molar-refractivity contribution in [1.29, 1.82) is 0 Å². The summed E-state index contributed by atoms with van der Waals surface area (Å²) in [4.78, 5) is 0. The van der Waals surface area contributed by atoms with Gasteiger partial charge in [0.1, 0.15) is 17.1 Å². The van der Waals surface area contributed by atoms with Gasteiger partial charge in [0.25, 0.3) is 0 Å². The summed E-state index contributed by atoms with van der Waals surface area (Å²) in [5.74, 6) is 0. The summed E-state index contributed by atoms with van der Waals surface area (Å²) in [6.07, 6.45) is -1.85. The van der Waals surface area contributed by atoms with E-state index in [1.165, 1.54) is 0 Å². The fraction of sp³-hybridized carbons (Fsp3) is 1.00. The molecule has 12 heavy (non-hydrogen) atoms. The minimum Gasteiger partial charge on any atom is -0.390 e. The molecule has 0 bridgehead atoms. The van der Waals surface area contributed by atoms with Gasteiger partial charge in [0.2, 0.25) is 0 Å². The van der Waals surface area contributed by atoms with Crippen LogP contribution in [0, 0.1) is 0 Å². The minimum atomic E-state index is -0.858. The minimum absolute atomic E-state index is 0.376. The third kappa shape index (κ3) is 2.22. The number of aliphatic hydroxyl groups excluding tert-OH is 2. The highest BCUT2D eigenvalue weighted by Gasteiger charge is 2.35. The van der Waals surface area contributed by atoms with Gasteiger partial charge in [-0.25, -0.2) is 0 Å². The summed E-state index contributed by atoms with van der Waals surface area (Å²) < 4.78 is 0. The Morgan fingerprint density at radius 2 is 1.67 bits per heavy atom. The number of aliphatic hydroxyl groups is 2. The first-order valence-corrected chi connectivity index (χ1v) is 4.56. The fourth-order valence-corrected chi connectivity index (χ4v) is 1.65. The van der Waals surface area contributed by atoms with Crippen LogP contribution in [0.2, 0.25) is 0 Å². The molecule has 0 amide bonds. The molecule has 4 N–H and O–H groups in total. The molecule has 1 rings (SSSR count). The van der Waals surface area contributed by atoms with Crippen molar-refractivity contribution in [1.82, 2.24) is 10.6 Å². The summed E-state index contributed by atoms with van der Waals surface area (Å²) >= 11 is 11.4. The molecular formula is C6H12Cl2N2O2. The Balaban J connectivity index is 2.53. The molecule has 0 saturated carbocycles. The first kappa shape index (κ1) is 10.5. The van der Waals surface area contributed by atoms with Crippen LogP contribution in [-0.4, -0.2) is 39.6 Å². The smallest absolute Gasteiger partial charge is 0.113 e. The lowest BCUT2D eigenvalue weighted by atomic mass is 10.2. The molecule has 1 saturated heterocycles. The van der Waals surface area contributed by atoms with Crippen molar-refractivity contribution >= 4 is 23.2 Å². The van der Waals surface area contributed by atoms with Gasteiger partial charge >= 0.3 is 0 Å². The Hall–Kier alpha value is 0.420. The zero-order chi connectivity index (χ0) is 9.30. The lowest BCUT2D eigenvalue weighted by Crippen LogP contribution is -2.65. The van der Waals surface area contributed by atoms with Crippen LogP contribution in [0.4, 0.5) is 0 Å². The molecule has 0 spiro atoms. The van der Waals surface area contributed by atoms with Gasteiger partial charge < -0.3 is 10.2 Å². The molecule has 0 aromatic carbocycles. The van der Waals surface area contributed by atoms with Gasteiger partial charge in [0.15, 0.2) is 0 Å². The van der Waals surface area contributed by atoms with Crippen LogP contribution in [-0.2, 0) is 0 Å². The molecule has 1 aliphatic rings. The molecule has 1 fully saturated rings. The van der Waals surface area contributed by atoms with E-state index in [0.29, 0.717) is 0 Å². The molecular weight excluding hydrogens is 203 g/mol. The van der Waals surface area contributed by atoms with Gasteiger partial charge in [0.05, 0.1) is 12.3 Å². The topological polar surface area (TPSA) is 64.5 Å². The first-order chi connectivity index (χ1) is 5.52. The number of hydrogen-bond donors (Lipinski definition) is 4. The van der Waals surface area contributed by atoms with Gasteiger partial charge in [-0.05, 0) is 6.92 Å². The second-order valence-corrected chi connectivity index (χ2v) is 3.79. The van der Waals surface area contributed by atoms with Crippen LogP contribution in [0.15, 0.2) is 0 Å². The van der Waals surface area contributed by atoms with E-state index in [1.54, 1.807) is 6.92 Å². The van der Waals surface area contributed by atoms with Crippen molar-refractivity contribution in [3.63, 3.8) is 0 Å². The van der Waals surface area contributed by atoms with Crippen LogP contribution in [0.1, 0.15) is 6.92 Å². The summed E-state index contributed by atoms with van der Waals surface area (Å²) in [5.41, 5.74) is -1.26. The quantitative estimate of drug-likeness (QED) is 0.347. The lowest BCUT2D eigenvalue weighted by Gasteiger charge is -2.37. The van der Waals surface area contributed by atoms with Gasteiger partial charge in [-0.1, -0.05) is 0 Å². The lowest BCUT2D eigenvalue weighted by molar-refractivity contribution is 0.0488. The van der Waals surface area contributed by atoms with Crippen molar-refractivity contribution in [2.75, 3.05) is 0 Å². The van der Waals surface area contributed by atoms with E-state index in [1.807, 2.05) is 0 Å². The van der Waals surface area contributed by atoms with Gasteiger partial charge in [-0.3, -0.25) is 10.6 Å². The van der Waals surface area contributed by atoms with Crippen molar-refractivity contribution < 1.29 is 10.2 Å². The maximum atomic E-state index is 9.28.